The molecule has 3 aromatic rings. The summed E-state index contributed by atoms with van der Waals surface area (Å²) in [4.78, 5) is 12.3. The van der Waals surface area contributed by atoms with Gasteiger partial charge in [0.05, 0.1) is 6.10 Å². The van der Waals surface area contributed by atoms with Gasteiger partial charge < -0.3 is 20.3 Å². The molecule has 200 valence electrons. The van der Waals surface area contributed by atoms with Crippen molar-refractivity contribution in [2.75, 3.05) is 18.4 Å². The minimum atomic E-state index is -0.173. The Balaban J connectivity index is 1.44. The molecule has 3 heterocycles. The van der Waals surface area contributed by atoms with Crippen LogP contribution in [0.5, 0.6) is 0 Å². The summed E-state index contributed by atoms with van der Waals surface area (Å²) in [7, 11) is 0. The van der Waals surface area contributed by atoms with Gasteiger partial charge in [0.2, 0.25) is 5.95 Å². The number of fused-ring (bicyclic) bond motifs is 1. The molecule has 3 N–H and O–H groups in total. The number of aliphatic hydroxyl groups is 1. The van der Waals surface area contributed by atoms with Crippen LogP contribution in [0.3, 0.4) is 0 Å². The zero-order chi connectivity index (χ0) is 25.9. The average molecular weight is 505 g/mol. The fraction of sp³-hybridized carbons (Fsp3) is 0.600. The van der Waals surface area contributed by atoms with E-state index in [0.29, 0.717) is 30.1 Å². The van der Waals surface area contributed by atoms with Crippen LogP contribution in [0.25, 0.3) is 22.2 Å². The molecular weight excluding hydrogens is 460 g/mol. The summed E-state index contributed by atoms with van der Waals surface area (Å²) >= 11 is 0. The zero-order valence-corrected chi connectivity index (χ0v) is 23.0. The molecule has 1 saturated carbocycles. The van der Waals surface area contributed by atoms with Crippen molar-refractivity contribution in [3.05, 3.63) is 42.2 Å². The van der Waals surface area contributed by atoms with Crippen molar-refractivity contribution in [1.29, 1.82) is 0 Å². The summed E-state index contributed by atoms with van der Waals surface area (Å²) in [5.74, 6) is 0.699. The van der Waals surface area contributed by atoms with Crippen LogP contribution < -0.4 is 10.6 Å². The van der Waals surface area contributed by atoms with Gasteiger partial charge in [-0.25, -0.2) is 4.98 Å². The Hall–Kier alpha value is -2.48. The monoisotopic (exact) mass is 504 g/mol. The van der Waals surface area contributed by atoms with E-state index in [0.717, 1.165) is 69.2 Å². The number of hydrogen-bond donors (Lipinski definition) is 3. The first kappa shape index (κ1) is 26.1. The molecule has 37 heavy (non-hydrogen) atoms. The minimum absolute atomic E-state index is 0.173. The summed E-state index contributed by atoms with van der Waals surface area (Å²) < 4.78 is 2.35. The highest BCUT2D eigenvalue weighted by molar-refractivity contribution is 5.94. The lowest BCUT2D eigenvalue weighted by atomic mass is 9.93. The standard InChI is InChI=1S/C30H44N6O/c1-5-6-20(2)33-30-32-16-27-28(19-36(29(27)34-30)25-11-13-26(37)14-12-25)24-9-7-23(8-10-24)18-35-17-21(3)31-15-22(35)4/h7-10,16,19-22,25-26,31,37H,5-6,11-15,17-18H2,1-4H3,(H,32,33,34)/t20?,21-,22+,25?,26?/m0/s1. The number of anilines is 1. The van der Waals surface area contributed by atoms with E-state index in [-0.39, 0.29) is 6.10 Å². The fourth-order valence-electron chi connectivity index (χ4n) is 6.01. The SMILES string of the molecule is CCCC(C)Nc1ncc2c(-c3ccc(CN4C[C@H](C)NC[C@H]4C)cc3)cn(C3CCC(O)CC3)c2n1. The molecule has 0 bridgehead atoms. The maximum Gasteiger partial charge on any atom is 0.224 e. The summed E-state index contributed by atoms with van der Waals surface area (Å²) in [5, 5.41) is 18.2. The fourth-order valence-corrected chi connectivity index (χ4v) is 6.01. The van der Waals surface area contributed by atoms with Crippen LogP contribution in [0, 0.1) is 0 Å². The Kier molecular flexibility index (Phi) is 8.12. The lowest BCUT2D eigenvalue weighted by molar-refractivity contribution is 0.111. The predicted molar refractivity (Wildman–Crippen MR) is 152 cm³/mol. The van der Waals surface area contributed by atoms with Crippen molar-refractivity contribution < 1.29 is 5.11 Å². The number of rotatable bonds is 8. The van der Waals surface area contributed by atoms with Gasteiger partial charge in [-0.05, 0) is 64.0 Å². The second kappa shape index (κ2) is 11.5. The molecule has 7 nitrogen and oxygen atoms in total. The highest BCUT2D eigenvalue weighted by Gasteiger charge is 2.25. The Morgan fingerprint density at radius 3 is 2.62 bits per heavy atom. The summed E-state index contributed by atoms with van der Waals surface area (Å²) in [5.41, 5.74) is 4.73. The summed E-state index contributed by atoms with van der Waals surface area (Å²) in [6, 6.07) is 10.8. The van der Waals surface area contributed by atoms with Crippen LogP contribution in [0.1, 0.15) is 77.8 Å². The Labute approximate surface area is 221 Å². The largest absolute Gasteiger partial charge is 0.393 e. The van der Waals surface area contributed by atoms with E-state index in [1.807, 2.05) is 6.20 Å². The van der Waals surface area contributed by atoms with Crippen molar-refractivity contribution in [3.63, 3.8) is 0 Å². The van der Waals surface area contributed by atoms with Crippen molar-refractivity contribution in [1.82, 2.24) is 24.8 Å². The van der Waals surface area contributed by atoms with E-state index in [1.165, 1.54) is 16.7 Å². The number of aliphatic hydroxyl groups excluding tert-OH is 1. The second-order valence-electron chi connectivity index (χ2n) is 11.5. The predicted octanol–water partition coefficient (Wildman–Crippen LogP) is 5.36. The van der Waals surface area contributed by atoms with Crippen LogP contribution in [-0.4, -0.2) is 61.9 Å². The Bertz CT molecular complexity index is 1170. The molecule has 5 rings (SSSR count). The Morgan fingerprint density at radius 2 is 1.89 bits per heavy atom. The van der Waals surface area contributed by atoms with Crippen molar-refractivity contribution >= 4 is 17.0 Å². The maximum atomic E-state index is 10.1. The number of hydrogen-bond acceptors (Lipinski definition) is 6. The van der Waals surface area contributed by atoms with Gasteiger partial charge in [0.15, 0.2) is 0 Å². The van der Waals surface area contributed by atoms with Gasteiger partial charge in [-0.3, -0.25) is 4.90 Å². The first-order valence-corrected chi connectivity index (χ1v) is 14.3. The molecule has 2 fully saturated rings. The lowest BCUT2D eigenvalue weighted by Gasteiger charge is -2.37. The molecule has 2 aliphatic rings. The second-order valence-corrected chi connectivity index (χ2v) is 11.5. The van der Waals surface area contributed by atoms with Gasteiger partial charge in [-0.15, -0.1) is 0 Å². The molecule has 1 aliphatic carbocycles. The Morgan fingerprint density at radius 1 is 1.14 bits per heavy atom. The molecule has 7 heteroatoms. The summed E-state index contributed by atoms with van der Waals surface area (Å²) in [6.07, 6.45) is 9.96. The zero-order valence-electron chi connectivity index (χ0n) is 23.0. The van der Waals surface area contributed by atoms with Gasteiger partial charge in [-0.2, -0.15) is 4.98 Å². The quantitative estimate of drug-likeness (QED) is 0.383. The molecule has 0 spiro atoms. The normalized spacial score (nSPS) is 25.9. The van der Waals surface area contributed by atoms with Crippen LogP contribution in [0.4, 0.5) is 5.95 Å². The molecule has 2 aromatic heterocycles. The molecule has 1 aliphatic heterocycles. The van der Waals surface area contributed by atoms with E-state index in [1.54, 1.807) is 0 Å². The van der Waals surface area contributed by atoms with Gasteiger partial charge >= 0.3 is 0 Å². The van der Waals surface area contributed by atoms with E-state index in [4.69, 9.17) is 9.97 Å². The third-order valence-electron chi connectivity index (χ3n) is 8.27. The van der Waals surface area contributed by atoms with Crippen LogP contribution in [0.2, 0.25) is 0 Å². The van der Waals surface area contributed by atoms with Crippen LogP contribution in [-0.2, 0) is 6.54 Å². The lowest BCUT2D eigenvalue weighted by Crippen LogP contribution is -2.53. The smallest absolute Gasteiger partial charge is 0.224 e. The van der Waals surface area contributed by atoms with Gasteiger partial charge in [0.1, 0.15) is 5.65 Å². The van der Waals surface area contributed by atoms with E-state index < -0.39 is 0 Å². The number of nitrogens with one attached hydrogen (secondary N) is 2. The highest BCUT2D eigenvalue weighted by Crippen LogP contribution is 2.37. The average Bonchev–Trinajstić information content (AvgIpc) is 3.26. The van der Waals surface area contributed by atoms with Crippen molar-refractivity contribution in [3.8, 4) is 11.1 Å². The molecule has 1 aromatic carbocycles. The molecule has 1 saturated heterocycles. The van der Waals surface area contributed by atoms with Gasteiger partial charge in [0, 0.05) is 67.1 Å². The maximum absolute atomic E-state index is 10.1. The first-order chi connectivity index (χ1) is 17.9. The van der Waals surface area contributed by atoms with E-state index >= 15 is 0 Å². The minimum Gasteiger partial charge on any atom is -0.393 e. The molecule has 3 atom stereocenters. The molecular formula is C30H44N6O. The number of benzene rings is 1. The van der Waals surface area contributed by atoms with E-state index in [9.17, 15) is 5.11 Å². The summed E-state index contributed by atoms with van der Waals surface area (Å²) in [6.45, 7) is 12.1. The molecule has 0 amide bonds. The number of nitrogens with zero attached hydrogens (tertiary/aromatic N) is 4. The topological polar surface area (TPSA) is 78.2 Å². The van der Waals surface area contributed by atoms with Crippen LogP contribution in [0.15, 0.2) is 36.7 Å². The number of aromatic nitrogens is 3. The van der Waals surface area contributed by atoms with Gasteiger partial charge in [0.25, 0.3) is 0 Å². The van der Waals surface area contributed by atoms with Gasteiger partial charge in [-0.1, -0.05) is 37.6 Å². The van der Waals surface area contributed by atoms with Crippen molar-refractivity contribution in [2.24, 2.45) is 0 Å². The van der Waals surface area contributed by atoms with Crippen molar-refractivity contribution in [2.45, 2.75) is 103 Å². The third-order valence-corrected chi connectivity index (χ3v) is 8.27. The highest BCUT2D eigenvalue weighted by atomic mass is 16.3. The molecule has 1 unspecified atom stereocenters. The third kappa shape index (κ3) is 6.00. The molecule has 0 radical (unpaired) electrons. The van der Waals surface area contributed by atoms with Crippen LogP contribution >= 0.6 is 0 Å². The van der Waals surface area contributed by atoms with E-state index in [2.05, 4.69) is 78.3 Å². The number of piperazine rings is 1. The first-order valence-electron chi connectivity index (χ1n) is 14.3.